The van der Waals surface area contributed by atoms with Gasteiger partial charge in [-0.2, -0.15) is 0 Å². The highest BCUT2D eigenvalue weighted by Gasteiger charge is 2.62. The number of aromatic nitrogens is 2. The molecule has 4 amide bonds. The summed E-state index contributed by atoms with van der Waals surface area (Å²) in [5, 5.41) is 8.30. The lowest BCUT2D eigenvalue weighted by Gasteiger charge is -2.36. The smallest absolute Gasteiger partial charge is 0.408 e. The van der Waals surface area contributed by atoms with E-state index >= 15 is 0 Å². The van der Waals surface area contributed by atoms with Gasteiger partial charge in [0.25, 0.3) is 5.91 Å². The molecule has 1 aliphatic heterocycles. The van der Waals surface area contributed by atoms with E-state index in [-0.39, 0.29) is 18.9 Å². The van der Waals surface area contributed by atoms with Crippen molar-refractivity contribution in [3.63, 3.8) is 0 Å². The Morgan fingerprint density at radius 2 is 1.75 bits per heavy atom. The zero-order valence-electron chi connectivity index (χ0n) is 36.3. The first-order valence-corrected chi connectivity index (χ1v) is 22.7. The van der Waals surface area contributed by atoms with E-state index in [0.29, 0.717) is 45.9 Å². The van der Waals surface area contributed by atoms with Crippen LogP contribution in [0.1, 0.15) is 98.8 Å². The number of rotatable bonds is 13. The second kappa shape index (κ2) is 16.3. The average molecular weight is 867 g/mol. The van der Waals surface area contributed by atoms with Crippen LogP contribution in [-0.4, -0.2) is 95.3 Å². The summed E-state index contributed by atoms with van der Waals surface area (Å²) < 4.78 is 46.0. The number of methoxy groups -OCH3 is 1. The molecule has 3 heterocycles. The molecule has 17 heteroatoms. The molecule has 2 saturated carbocycles. The lowest BCUT2D eigenvalue weighted by molar-refractivity contribution is -0.143. The van der Waals surface area contributed by atoms with E-state index in [1.54, 1.807) is 55.6 Å². The molecular formula is C43H58N6O9S2. The van der Waals surface area contributed by atoms with Crippen LogP contribution in [0.3, 0.4) is 0 Å². The molecule has 326 valence electrons. The van der Waals surface area contributed by atoms with Crippen LogP contribution in [-0.2, 0) is 29.1 Å². The first kappa shape index (κ1) is 44.8. The van der Waals surface area contributed by atoms with Crippen LogP contribution in [0.4, 0.5) is 4.79 Å². The predicted octanol–water partition coefficient (Wildman–Crippen LogP) is 6.00. The van der Waals surface area contributed by atoms with Crippen LogP contribution in [0.5, 0.6) is 11.5 Å². The van der Waals surface area contributed by atoms with Crippen molar-refractivity contribution in [3.05, 3.63) is 47.5 Å². The summed E-state index contributed by atoms with van der Waals surface area (Å²) in [6, 6.07) is 3.11. The molecule has 3 fully saturated rings. The van der Waals surface area contributed by atoms with Crippen molar-refractivity contribution in [3.8, 4) is 22.2 Å². The molecule has 1 aromatic carbocycles. The van der Waals surface area contributed by atoms with E-state index in [9.17, 15) is 27.6 Å². The normalized spacial score (nSPS) is 23.5. The van der Waals surface area contributed by atoms with Crippen LogP contribution in [0.25, 0.3) is 21.6 Å². The van der Waals surface area contributed by atoms with Gasteiger partial charge in [0.15, 0.2) is 0 Å². The number of nitrogens with one attached hydrogen (secondary N) is 3. The van der Waals surface area contributed by atoms with Gasteiger partial charge in [0.2, 0.25) is 21.8 Å². The minimum absolute atomic E-state index is 0.0795. The molecule has 60 heavy (non-hydrogen) atoms. The molecule has 3 aromatic rings. The number of carbonyl (C=O) groups is 4. The number of hydrogen-bond acceptors (Lipinski definition) is 12. The number of ether oxygens (including phenoxy) is 3. The molecular weight excluding hydrogens is 809 g/mol. The van der Waals surface area contributed by atoms with Crippen LogP contribution < -0.4 is 24.8 Å². The van der Waals surface area contributed by atoms with Gasteiger partial charge in [-0.05, 0) is 70.4 Å². The maximum atomic E-state index is 14.9. The topological polar surface area (TPSA) is 195 Å². The van der Waals surface area contributed by atoms with E-state index < -0.39 is 85.7 Å². The summed E-state index contributed by atoms with van der Waals surface area (Å²) >= 11 is 1.46. The van der Waals surface area contributed by atoms with Crippen LogP contribution in [0.15, 0.2) is 36.2 Å². The standard InChI is InChI=1S/C43H58N6O9S2/c1-13-25-19-43(25,39(52)48-60(54,55)26-14-15-26)47-36(50)34-24(5)32(20-49(34)38(51)35(41(6,7)8)46-40(53)58-42(9,10)11)57-31-18-28(37-45-29(21-59-37)22(2)3)44-33-23(4)30(56-12)17-16-27(31)33/h13,16-18,21-22,24-26,32,34-35H,1,14-15,19-20H2,2-12H3,(H,46,53)(H,47,50)(H,48,52)/t24?,25-,32+,34+,35-,43-/m1/s1. The van der Waals surface area contributed by atoms with Crippen molar-refractivity contribution < 1.29 is 41.8 Å². The number of nitrogens with zero attached hydrogens (tertiary/aromatic N) is 3. The van der Waals surface area contributed by atoms with Gasteiger partial charge in [-0.15, -0.1) is 17.9 Å². The number of amides is 4. The molecule has 0 bridgehead atoms. The van der Waals surface area contributed by atoms with Gasteiger partial charge < -0.3 is 29.7 Å². The van der Waals surface area contributed by atoms with E-state index in [2.05, 4.69) is 35.8 Å². The SMILES string of the molecule is C=C[C@@H]1C[C@]1(NC(=O)[C@@H]1C(C)[C@@H](Oc2cc(-c3nc(C(C)C)cs3)nc3c(C)c(OC)ccc23)CN1C(=O)[C@@H](NC(=O)OC(C)(C)C)C(C)(C)C)C(=O)NS(=O)(=O)C1CC1. The Balaban J connectivity index is 1.40. The Labute approximate surface area is 356 Å². The van der Waals surface area contributed by atoms with Gasteiger partial charge in [0.05, 0.1) is 30.1 Å². The Morgan fingerprint density at radius 1 is 1.07 bits per heavy atom. The summed E-state index contributed by atoms with van der Waals surface area (Å²) in [5.41, 5.74) is -0.387. The van der Waals surface area contributed by atoms with Crippen molar-refractivity contribution in [1.82, 2.24) is 30.2 Å². The second-order valence-electron chi connectivity index (χ2n) is 18.6. The molecule has 0 radical (unpaired) electrons. The third-order valence-electron chi connectivity index (χ3n) is 11.3. The Morgan fingerprint density at radius 3 is 2.30 bits per heavy atom. The minimum atomic E-state index is -3.94. The highest BCUT2D eigenvalue weighted by atomic mass is 32.2. The van der Waals surface area contributed by atoms with Crippen molar-refractivity contribution in [1.29, 1.82) is 0 Å². The lowest BCUT2D eigenvalue weighted by Crippen LogP contribution is -2.61. The minimum Gasteiger partial charge on any atom is -0.496 e. The zero-order valence-corrected chi connectivity index (χ0v) is 37.9. The third-order valence-corrected chi connectivity index (χ3v) is 14.1. The molecule has 6 atom stereocenters. The fourth-order valence-electron chi connectivity index (χ4n) is 7.60. The van der Waals surface area contributed by atoms with Crippen molar-refractivity contribution in [2.75, 3.05) is 13.7 Å². The van der Waals surface area contributed by atoms with E-state index in [4.69, 9.17) is 24.2 Å². The molecule has 1 saturated heterocycles. The molecule has 0 spiro atoms. The summed E-state index contributed by atoms with van der Waals surface area (Å²) in [4.78, 5) is 67.8. The van der Waals surface area contributed by atoms with Crippen LogP contribution in [0, 0.1) is 24.2 Å². The Kier molecular flexibility index (Phi) is 12.1. The molecule has 1 unspecified atom stereocenters. The molecule has 3 aliphatic rings. The number of fused-ring (bicyclic) bond motifs is 1. The quantitative estimate of drug-likeness (QED) is 0.171. The summed E-state index contributed by atoms with van der Waals surface area (Å²) in [5.74, 6) is -2.06. The van der Waals surface area contributed by atoms with Gasteiger partial charge in [0.1, 0.15) is 51.5 Å². The summed E-state index contributed by atoms with van der Waals surface area (Å²) in [7, 11) is -2.35. The first-order chi connectivity index (χ1) is 27.9. The highest BCUT2D eigenvalue weighted by Crippen LogP contribution is 2.46. The molecule has 3 N–H and O–H groups in total. The summed E-state index contributed by atoms with van der Waals surface area (Å²) in [6.07, 6.45) is 0.929. The number of pyridine rings is 1. The van der Waals surface area contributed by atoms with Crippen LogP contribution in [0.2, 0.25) is 0 Å². The number of thiazole rings is 1. The second-order valence-corrected chi connectivity index (χ2v) is 21.4. The maximum Gasteiger partial charge on any atom is 0.408 e. The molecule has 2 aliphatic carbocycles. The number of hydrogen-bond donors (Lipinski definition) is 3. The Bertz CT molecular complexity index is 2310. The maximum absolute atomic E-state index is 14.9. The number of alkyl carbamates (subject to hydrolysis) is 1. The zero-order chi connectivity index (χ0) is 44.3. The summed E-state index contributed by atoms with van der Waals surface area (Å²) in [6.45, 7) is 22.1. The number of aryl methyl sites for hydroxylation is 1. The third kappa shape index (κ3) is 9.11. The lowest BCUT2D eigenvalue weighted by atomic mass is 9.85. The molecule has 6 rings (SSSR count). The van der Waals surface area contributed by atoms with Crippen LogP contribution >= 0.6 is 11.3 Å². The van der Waals surface area contributed by atoms with Gasteiger partial charge >= 0.3 is 6.09 Å². The van der Waals surface area contributed by atoms with Crippen molar-refractivity contribution in [2.24, 2.45) is 17.3 Å². The van der Waals surface area contributed by atoms with Gasteiger partial charge in [0, 0.05) is 34.2 Å². The van der Waals surface area contributed by atoms with Crippen molar-refractivity contribution in [2.45, 2.75) is 129 Å². The number of likely N-dealkylation sites (tertiary alicyclic amines) is 1. The van der Waals surface area contributed by atoms with Crippen molar-refractivity contribution >= 4 is 56.1 Å². The largest absolute Gasteiger partial charge is 0.496 e. The van der Waals surface area contributed by atoms with E-state index in [1.165, 1.54) is 22.3 Å². The van der Waals surface area contributed by atoms with E-state index in [1.807, 2.05) is 30.5 Å². The van der Waals surface area contributed by atoms with Gasteiger partial charge in [-0.1, -0.05) is 47.6 Å². The number of benzene rings is 1. The fourth-order valence-corrected chi connectivity index (χ4v) is 9.91. The highest BCUT2D eigenvalue weighted by molar-refractivity contribution is 7.91. The fraction of sp³-hybridized carbons (Fsp3) is 0.581. The number of carbonyl (C=O) groups excluding carboxylic acids is 4. The van der Waals surface area contributed by atoms with Gasteiger partial charge in [-0.25, -0.2) is 23.2 Å². The van der Waals surface area contributed by atoms with Gasteiger partial charge in [-0.3, -0.25) is 19.1 Å². The van der Waals surface area contributed by atoms with E-state index in [0.717, 1.165) is 11.3 Å². The average Bonchev–Trinajstić information content (AvgIpc) is 4.05. The Hall–Kier alpha value is -4.77. The molecule has 2 aromatic heterocycles. The predicted molar refractivity (Wildman–Crippen MR) is 229 cm³/mol. The molecule has 15 nitrogen and oxygen atoms in total. The first-order valence-electron chi connectivity index (χ1n) is 20.3. The monoisotopic (exact) mass is 866 g/mol. The number of sulfonamides is 1.